The van der Waals surface area contributed by atoms with Crippen molar-refractivity contribution in [3.63, 3.8) is 0 Å². The van der Waals surface area contributed by atoms with Crippen LogP contribution in [0.15, 0.2) is 65.4 Å². The van der Waals surface area contributed by atoms with Crippen LogP contribution < -0.4 is 21.1 Å². The van der Waals surface area contributed by atoms with Gasteiger partial charge in [-0.3, -0.25) is 15.5 Å². The van der Waals surface area contributed by atoms with Gasteiger partial charge in [0.1, 0.15) is 11.0 Å². The third kappa shape index (κ3) is 4.97. The number of hydrogen-bond acceptors (Lipinski definition) is 10. The van der Waals surface area contributed by atoms with Crippen LogP contribution in [0.2, 0.25) is 0 Å². The highest BCUT2D eigenvalue weighted by atomic mass is 16.6. The largest absolute Gasteiger partial charge is 0.490 e. The van der Waals surface area contributed by atoms with E-state index in [4.69, 9.17) is 31.2 Å². The zero-order valence-electron chi connectivity index (χ0n) is 21.5. The summed E-state index contributed by atoms with van der Waals surface area (Å²) in [7, 11) is 0. The molecule has 0 bridgehead atoms. The van der Waals surface area contributed by atoms with Crippen LogP contribution in [-0.4, -0.2) is 48.9 Å². The van der Waals surface area contributed by atoms with Crippen molar-refractivity contribution in [3.05, 3.63) is 70.9 Å². The molecular formula is C26H26N10O4. The summed E-state index contributed by atoms with van der Waals surface area (Å²) in [5.74, 6) is 0.928. The summed E-state index contributed by atoms with van der Waals surface area (Å²) in [5, 5.41) is 26.6. The Balaban J connectivity index is 1.43. The van der Waals surface area contributed by atoms with Gasteiger partial charge in [0, 0.05) is 36.5 Å². The molecule has 0 unspecified atom stereocenters. The van der Waals surface area contributed by atoms with Gasteiger partial charge >= 0.3 is 0 Å². The van der Waals surface area contributed by atoms with E-state index >= 15 is 0 Å². The third-order valence-electron chi connectivity index (χ3n) is 6.27. The van der Waals surface area contributed by atoms with Crippen LogP contribution in [0.4, 0.5) is 17.2 Å². The summed E-state index contributed by atoms with van der Waals surface area (Å²) >= 11 is 0. The van der Waals surface area contributed by atoms with E-state index in [0.717, 1.165) is 5.56 Å². The maximum absolute atomic E-state index is 11.0. The van der Waals surface area contributed by atoms with Gasteiger partial charge in [-0.2, -0.15) is 0 Å². The number of rotatable bonds is 10. The van der Waals surface area contributed by atoms with E-state index in [2.05, 4.69) is 15.3 Å². The van der Waals surface area contributed by atoms with Crippen LogP contribution in [0, 0.1) is 15.5 Å². The Morgan fingerprint density at radius 2 is 1.90 bits per heavy atom. The average molecular weight is 543 g/mol. The molecule has 5 N–H and O–H groups in total. The van der Waals surface area contributed by atoms with E-state index in [9.17, 15) is 10.1 Å². The number of imidazole rings is 1. The SMILES string of the molecule is CCn1c(-c2nonc2N)nc2c(-c3ccccc3)ncc(OCCCN(C(=N)N)c3ccc([N+](=O)[O-])cc3)c21. The van der Waals surface area contributed by atoms with Crippen molar-refractivity contribution in [2.45, 2.75) is 19.9 Å². The predicted octanol–water partition coefficient (Wildman–Crippen LogP) is 3.83. The summed E-state index contributed by atoms with van der Waals surface area (Å²) in [5.41, 5.74) is 15.5. The lowest BCUT2D eigenvalue weighted by molar-refractivity contribution is -0.384. The Labute approximate surface area is 227 Å². The van der Waals surface area contributed by atoms with Crippen LogP contribution in [0.1, 0.15) is 13.3 Å². The van der Waals surface area contributed by atoms with Crippen molar-refractivity contribution in [2.24, 2.45) is 5.73 Å². The molecule has 14 heteroatoms. The van der Waals surface area contributed by atoms with Crippen molar-refractivity contribution in [2.75, 3.05) is 23.8 Å². The van der Waals surface area contributed by atoms with Gasteiger partial charge < -0.3 is 25.7 Å². The fraction of sp³-hybridized carbons (Fsp3) is 0.192. The van der Waals surface area contributed by atoms with Crippen molar-refractivity contribution in [1.29, 1.82) is 5.41 Å². The minimum Gasteiger partial charge on any atom is -0.490 e. The lowest BCUT2D eigenvalue weighted by atomic mass is 10.1. The first-order valence-electron chi connectivity index (χ1n) is 12.4. The number of ether oxygens (including phenoxy) is 1. The molecule has 5 aromatic rings. The Morgan fingerprint density at radius 3 is 2.52 bits per heavy atom. The fourth-order valence-electron chi connectivity index (χ4n) is 4.41. The molecule has 5 rings (SSSR count). The molecule has 3 aromatic heterocycles. The molecule has 3 heterocycles. The number of guanidine groups is 1. The molecule has 0 spiro atoms. The Morgan fingerprint density at radius 1 is 1.15 bits per heavy atom. The normalized spacial score (nSPS) is 11.0. The zero-order valence-corrected chi connectivity index (χ0v) is 21.5. The number of hydrogen-bond donors (Lipinski definition) is 3. The Hall–Kier alpha value is -5.53. The summed E-state index contributed by atoms with van der Waals surface area (Å²) in [6, 6.07) is 15.5. The van der Waals surface area contributed by atoms with Crippen molar-refractivity contribution in [3.8, 4) is 28.5 Å². The van der Waals surface area contributed by atoms with Crippen LogP contribution >= 0.6 is 0 Å². The second-order valence-electron chi connectivity index (χ2n) is 8.72. The number of pyridine rings is 1. The highest BCUT2D eigenvalue weighted by molar-refractivity contribution is 5.96. The van der Waals surface area contributed by atoms with E-state index in [1.807, 2.05) is 41.8 Å². The molecule has 0 fully saturated rings. The number of benzene rings is 2. The number of nitro benzene ring substituents is 1. The molecule has 0 aliphatic carbocycles. The van der Waals surface area contributed by atoms with Gasteiger partial charge in [0.25, 0.3) is 5.69 Å². The molecule has 0 aliphatic heterocycles. The number of non-ortho nitro benzene ring substituents is 1. The Kier molecular flexibility index (Phi) is 7.22. The van der Waals surface area contributed by atoms with E-state index in [1.165, 1.54) is 12.1 Å². The number of anilines is 2. The van der Waals surface area contributed by atoms with E-state index in [1.54, 1.807) is 23.2 Å². The maximum atomic E-state index is 11.0. The number of nitro groups is 1. The second kappa shape index (κ2) is 11.1. The summed E-state index contributed by atoms with van der Waals surface area (Å²) in [6.45, 7) is 3.13. The predicted molar refractivity (Wildman–Crippen MR) is 149 cm³/mol. The first-order chi connectivity index (χ1) is 19.4. The number of nitrogens with two attached hydrogens (primary N) is 2. The highest BCUT2D eigenvalue weighted by Crippen LogP contribution is 2.36. The molecule has 0 radical (unpaired) electrons. The standard InChI is InChI=1S/C26H26N10O4/c1-2-34-23-19(39-14-6-13-35(26(28)29)17-9-11-18(12-10-17)36(37)38)15-30-20(16-7-4-3-5-8-16)21(23)31-25(34)22-24(27)33-40-32-22/h3-5,7-12,15H,2,6,13-14H2,1H3,(H2,27,33)(H3,28,29). The van der Waals surface area contributed by atoms with Gasteiger partial charge in [0.2, 0.25) is 0 Å². The molecule has 14 nitrogen and oxygen atoms in total. The quantitative estimate of drug-likeness (QED) is 0.0761. The van der Waals surface area contributed by atoms with Gasteiger partial charge in [-0.05, 0) is 35.8 Å². The molecule has 0 aliphatic rings. The topological polar surface area (TPSA) is 201 Å². The fourth-order valence-corrected chi connectivity index (χ4v) is 4.41. The number of fused-ring (bicyclic) bond motifs is 1. The van der Waals surface area contributed by atoms with Crippen molar-refractivity contribution >= 4 is 34.2 Å². The summed E-state index contributed by atoms with van der Waals surface area (Å²) in [4.78, 5) is 21.5. The van der Waals surface area contributed by atoms with Crippen LogP contribution in [0.3, 0.4) is 0 Å². The highest BCUT2D eigenvalue weighted by Gasteiger charge is 2.24. The number of nitrogens with one attached hydrogen (secondary N) is 1. The van der Waals surface area contributed by atoms with Gasteiger partial charge in [-0.25, -0.2) is 14.6 Å². The minimum absolute atomic E-state index is 0.0406. The summed E-state index contributed by atoms with van der Waals surface area (Å²) < 4.78 is 12.9. The lowest BCUT2D eigenvalue weighted by Gasteiger charge is -2.22. The van der Waals surface area contributed by atoms with Crippen molar-refractivity contribution in [1.82, 2.24) is 24.8 Å². The summed E-state index contributed by atoms with van der Waals surface area (Å²) in [6.07, 6.45) is 2.15. The molecule has 204 valence electrons. The molecule has 0 saturated heterocycles. The molecule has 0 saturated carbocycles. The average Bonchev–Trinajstić information content (AvgIpc) is 3.56. The van der Waals surface area contributed by atoms with Gasteiger partial charge in [0.05, 0.1) is 23.4 Å². The first-order valence-corrected chi connectivity index (χ1v) is 12.4. The second-order valence-corrected chi connectivity index (χ2v) is 8.72. The lowest BCUT2D eigenvalue weighted by Crippen LogP contribution is -2.37. The van der Waals surface area contributed by atoms with E-state index < -0.39 is 4.92 Å². The van der Waals surface area contributed by atoms with Gasteiger partial charge in [-0.15, -0.1) is 0 Å². The molecular weight excluding hydrogens is 516 g/mol. The van der Waals surface area contributed by atoms with Crippen molar-refractivity contribution < 1.29 is 14.3 Å². The van der Waals surface area contributed by atoms with E-state index in [-0.39, 0.29) is 24.1 Å². The Bertz CT molecular complexity index is 1660. The smallest absolute Gasteiger partial charge is 0.269 e. The first kappa shape index (κ1) is 26.1. The van der Waals surface area contributed by atoms with Gasteiger partial charge in [0.15, 0.2) is 29.0 Å². The monoisotopic (exact) mass is 542 g/mol. The molecule has 2 aromatic carbocycles. The van der Waals surface area contributed by atoms with Crippen LogP contribution in [-0.2, 0) is 6.54 Å². The molecule has 40 heavy (non-hydrogen) atoms. The number of aryl methyl sites for hydroxylation is 1. The number of aromatic nitrogens is 5. The minimum atomic E-state index is -0.479. The van der Waals surface area contributed by atoms with Crippen LogP contribution in [0.25, 0.3) is 33.8 Å². The van der Waals surface area contributed by atoms with Gasteiger partial charge in [-0.1, -0.05) is 30.3 Å². The zero-order chi connectivity index (χ0) is 28.2. The van der Waals surface area contributed by atoms with E-state index in [0.29, 0.717) is 59.2 Å². The molecule has 0 amide bonds. The number of nitrogens with zero attached hydrogens (tertiary/aromatic N) is 7. The number of nitrogen functional groups attached to an aromatic ring is 1. The third-order valence-corrected chi connectivity index (χ3v) is 6.27. The van der Waals surface area contributed by atoms with Crippen LogP contribution in [0.5, 0.6) is 5.75 Å². The maximum Gasteiger partial charge on any atom is 0.269 e. The molecule has 0 atom stereocenters.